The molecule has 25 heavy (non-hydrogen) atoms. The number of likely N-dealkylation sites (tertiary alicyclic amines) is 1. The number of amides is 2. The van der Waals surface area contributed by atoms with Gasteiger partial charge in [-0.1, -0.05) is 6.07 Å². The number of carbonyl (C=O) groups is 2. The quantitative estimate of drug-likeness (QED) is 0.804. The normalized spacial score (nSPS) is 17.5. The number of aromatic nitrogens is 2. The van der Waals surface area contributed by atoms with Gasteiger partial charge in [0.2, 0.25) is 5.91 Å². The van der Waals surface area contributed by atoms with Crippen molar-refractivity contribution in [2.75, 3.05) is 19.6 Å². The van der Waals surface area contributed by atoms with Gasteiger partial charge in [0, 0.05) is 38.6 Å². The van der Waals surface area contributed by atoms with Crippen LogP contribution in [0.5, 0.6) is 0 Å². The van der Waals surface area contributed by atoms with E-state index < -0.39 is 0 Å². The topological polar surface area (TPSA) is 67.2 Å². The van der Waals surface area contributed by atoms with Crippen LogP contribution in [0.1, 0.15) is 34.8 Å². The lowest BCUT2D eigenvalue weighted by Gasteiger charge is -2.31. The van der Waals surface area contributed by atoms with Crippen molar-refractivity contribution in [3.05, 3.63) is 40.6 Å². The number of rotatable bonds is 6. The highest BCUT2D eigenvalue weighted by Gasteiger charge is 2.28. The van der Waals surface area contributed by atoms with Crippen molar-refractivity contribution in [1.29, 1.82) is 0 Å². The van der Waals surface area contributed by atoms with Gasteiger partial charge in [-0.05, 0) is 37.6 Å². The molecule has 3 heterocycles. The second-order valence-electron chi connectivity index (χ2n) is 6.38. The van der Waals surface area contributed by atoms with Crippen molar-refractivity contribution in [3.63, 3.8) is 0 Å². The van der Waals surface area contributed by atoms with Crippen molar-refractivity contribution in [2.24, 2.45) is 5.92 Å². The van der Waals surface area contributed by atoms with Gasteiger partial charge in [-0.25, -0.2) is 4.98 Å². The average molecular weight is 360 g/mol. The van der Waals surface area contributed by atoms with Gasteiger partial charge in [0.15, 0.2) is 0 Å². The van der Waals surface area contributed by atoms with E-state index in [1.807, 2.05) is 35.5 Å². The Bertz CT molecular complexity index is 710. The smallest absolute Gasteiger partial charge is 0.263 e. The number of nitrogens with zero attached hydrogens (tertiary/aromatic N) is 3. The second kappa shape index (κ2) is 8.29. The van der Waals surface area contributed by atoms with Crippen molar-refractivity contribution in [2.45, 2.75) is 32.7 Å². The fraction of sp³-hybridized carbons (Fsp3) is 0.500. The molecule has 1 aliphatic heterocycles. The monoisotopic (exact) mass is 360 g/mol. The Labute approximate surface area is 151 Å². The summed E-state index contributed by atoms with van der Waals surface area (Å²) in [6.07, 6.45) is 6.33. The number of piperidine rings is 1. The SMILES string of the molecule is Cc1nccn1CCCNC(=O)C1CCCN(C(=O)c2cccs2)C1. The minimum absolute atomic E-state index is 0.0445. The zero-order valence-corrected chi connectivity index (χ0v) is 15.3. The average Bonchev–Trinajstić information content (AvgIpc) is 3.30. The second-order valence-corrected chi connectivity index (χ2v) is 7.33. The third-order valence-electron chi connectivity index (χ3n) is 4.61. The molecule has 0 aromatic carbocycles. The number of hydrogen-bond donors (Lipinski definition) is 1. The minimum Gasteiger partial charge on any atom is -0.356 e. The molecule has 1 atom stereocenters. The zero-order valence-electron chi connectivity index (χ0n) is 14.5. The predicted octanol–water partition coefficient (Wildman–Crippen LogP) is 2.31. The van der Waals surface area contributed by atoms with Crippen LogP contribution in [0.25, 0.3) is 0 Å². The highest BCUT2D eigenvalue weighted by atomic mass is 32.1. The van der Waals surface area contributed by atoms with Crippen molar-refractivity contribution >= 4 is 23.2 Å². The molecule has 0 radical (unpaired) electrons. The maximum absolute atomic E-state index is 12.4. The molecule has 1 unspecified atom stereocenters. The molecule has 0 spiro atoms. The summed E-state index contributed by atoms with van der Waals surface area (Å²) in [7, 11) is 0. The molecule has 2 amide bonds. The number of imidazole rings is 1. The summed E-state index contributed by atoms with van der Waals surface area (Å²) in [5.41, 5.74) is 0. The molecule has 3 rings (SSSR count). The molecule has 0 bridgehead atoms. The molecule has 1 aliphatic rings. The Kier molecular flexibility index (Phi) is 5.86. The van der Waals surface area contributed by atoms with Crippen LogP contribution in [0.3, 0.4) is 0 Å². The summed E-state index contributed by atoms with van der Waals surface area (Å²) in [6.45, 7) is 4.72. The summed E-state index contributed by atoms with van der Waals surface area (Å²) in [5, 5.41) is 4.93. The van der Waals surface area contributed by atoms with Crippen LogP contribution in [0.4, 0.5) is 0 Å². The van der Waals surface area contributed by atoms with Crippen LogP contribution in [-0.2, 0) is 11.3 Å². The van der Waals surface area contributed by atoms with Crippen LogP contribution in [0.2, 0.25) is 0 Å². The molecule has 2 aromatic heterocycles. The highest BCUT2D eigenvalue weighted by molar-refractivity contribution is 7.12. The van der Waals surface area contributed by atoms with E-state index in [0.717, 1.165) is 43.1 Å². The Morgan fingerprint density at radius 1 is 1.44 bits per heavy atom. The van der Waals surface area contributed by atoms with Crippen LogP contribution < -0.4 is 5.32 Å². The largest absolute Gasteiger partial charge is 0.356 e. The van der Waals surface area contributed by atoms with E-state index in [2.05, 4.69) is 14.9 Å². The third-order valence-corrected chi connectivity index (χ3v) is 5.47. The first-order valence-electron chi connectivity index (χ1n) is 8.73. The summed E-state index contributed by atoms with van der Waals surface area (Å²) < 4.78 is 2.08. The molecule has 0 saturated carbocycles. The number of aryl methyl sites for hydroxylation is 2. The number of thiophene rings is 1. The number of hydrogen-bond acceptors (Lipinski definition) is 4. The molecule has 6 nitrogen and oxygen atoms in total. The Morgan fingerprint density at radius 3 is 3.04 bits per heavy atom. The van der Waals surface area contributed by atoms with Gasteiger partial charge in [-0.2, -0.15) is 0 Å². The Balaban J connectivity index is 1.44. The lowest BCUT2D eigenvalue weighted by Crippen LogP contribution is -2.45. The molecule has 1 fully saturated rings. The third kappa shape index (κ3) is 4.48. The van der Waals surface area contributed by atoms with Crippen LogP contribution in [-0.4, -0.2) is 45.9 Å². The Morgan fingerprint density at radius 2 is 2.32 bits per heavy atom. The first-order valence-corrected chi connectivity index (χ1v) is 9.61. The molecule has 2 aromatic rings. The maximum Gasteiger partial charge on any atom is 0.263 e. The summed E-state index contributed by atoms with van der Waals surface area (Å²) in [4.78, 5) is 31.6. The van der Waals surface area contributed by atoms with Crippen LogP contribution >= 0.6 is 11.3 Å². The van der Waals surface area contributed by atoms with Gasteiger partial charge in [-0.3, -0.25) is 9.59 Å². The highest BCUT2D eigenvalue weighted by Crippen LogP contribution is 2.20. The van der Waals surface area contributed by atoms with Crippen LogP contribution in [0, 0.1) is 12.8 Å². The first-order chi connectivity index (χ1) is 12.1. The summed E-state index contributed by atoms with van der Waals surface area (Å²) in [6, 6.07) is 3.72. The standard InChI is InChI=1S/C18H24N4O2S/c1-14-19-8-11-21(14)10-4-7-20-17(23)15-5-2-9-22(13-15)18(24)16-6-3-12-25-16/h3,6,8,11-12,15H,2,4-5,7,9-10,13H2,1H3,(H,20,23). The summed E-state index contributed by atoms with van der Waals surface area (Å²) >= 11 is 1.45. The van der Waals surface area contributed by atoms with Gasteiger partial charge < -0.3 is 14.8 Å². The molecule has 1 N–H and O–H groups in total. The maximum atomic E-state index is 12.4. The Hall–Kier alpha value is -2.15. The summed E-state index contributed by atoms with van der Waals surface area (Å²) in [5.74, 6) is 0.989. The lowest BCUT2D eigenvalue weighted by molar-refractivity contribution is -0.126. The van der Waals surface area contributed by atoms with E-state index >= 15 is 0 Å². The molecule has 1 saturated heterocycles. The predicted molar refractivity (Wildman–Crippen MR) is 97.5 cm³/mol. The number of carbonyl (C=O) groups excluding carboxylic acids is 2. The number of nitrogens with one attached hydrogen (secondary N) is 1. The lowest BCUT2D eigenvalue weighted by atomic mass is 9.97. The molecule has 7 heteroatoms. The molecular weight excluding hydrogens is 336 g/mol. The zero-order chi connectivity index (χ0) is 17.6. The molecule has 0 aliphatic carbocycles. The van der Waals surface area contributed by atoms with E-state index in [-0.39, 0.29) is 17.7 Å². The van der Waals surface area contributed by atoms with E-state index in [4.69, 9.17) is 0 Å². The van der Waals surface area contributed by atoms with E-state index in [1.54, 1.807) is 6.20 Å². The van der Waals surface area contributed by atoms with Crippen LogP contribution in [0.15, 0.2) is 29.9 Å². The first kappa shape index (κ1) is 17.7. The fourth-order valence-electron chi connectivity index (χ4n) is 3.18. The van der Waals surface area contributed by atoms with E-state index in [9.17, 15) is 9.59 Å². The molecule has 134 valence electrons. The van der Waals surface area contributed by atoms with Crippen molar-refractivity contribution in [1.82, 2.24) is 19.8 Å². The van der Waals surface area contributed by atoms with Crippen molar-refractivity contribution < 1.29 is 9.59 Å². The van der Waals surface area contributed by atoms with Crippen molar-refractivity contribution in [3.8, 4) is 0 Å². The molecular formula is C18H24N4O2S. The minimum atomic E-state index is -0.104. The van der Waals surface area contributed by atoms with Gasteiger partial charge in [-0.15, -0.1) is 11.3 Å². The van der Waals surface area contributed by atoms with Gasteiger partial charge in [0.25, 0.3) is 5.91 Å². The van der Waals surface area contributed by atoms with E-state index in [1.165, 1.54) is 11.3 Å². The van der Waals surface area contributed by atoms with E-state index in [0.29, 0.717) is 13.1 Å². The van der Waals surface area contributed by atoms with Gasteiger partial charge in [0.05, 0.1) is 10.8 Å². The van der Waals surface area contributed by atoms with Gasteiger partial charge >= 0.3 is 0 Å². The van der Waals surface area contributed by atoms with Gasteiger partial charge in [0.1, 0.15) is 5.82 Å². The fourth-order valence-corrected chi connectivity index (χ4v) is 3.87.